The van der Waals surface area contributed by atoms with E-state index in [4.69, 9.17) is 0 Å². The average molecular weight is 239 g/mol. The summed E-state index contributed by atoms with van der Waals surface area (Å²) in [6, 6.07) is 0.159. The molecule has 2 rings (SSSR count). The van der Waals surface area contributed by atoms with Crippen LogP contribution in [-0.4, -0.2) is 35.4 Å². The van der Waals surface area contributed by atoms with Crippen LogP contribution in [0, 0.1) is 0 Å². The molecule has 1 aromatic rings. The van der Waals surface area contributed by atoms with Crippen LogP contribution in [0.4, 0.5) is 0 Å². The molecule has 1 fully saturated rings. The standard InChI is InChI=1S/C11H17N3OS/c1-9(11-12-4-7-16-11)13-8-10(15)14-5-2-3-6-14/h4,7,9,13H,2-3,5-6,8H2,1H3. The van der Waals surface area contributed by atoms with Gasteiger partial charge in [-0.05, 0) is 19.8 Å². The molecule has 1 aliphatic heterocycles. The Labute approximate surface area is 99.7 Å². The molecule has 1 atom stereocenters. The number of thiazole rings is 1. The van der Waals surface area contributed by atoms with Crippen LogP contribution in [0.2, 0.25) is 0 Å². The number of hydrogen-bond donors (Lipinski definition) is 1. The second kappa shape index (κ2) is 5.41. The molecule has 1 saturated heterocycles. The van der Waals surface area contributed by atoms with E-state index in [-0.39, 0.29) is 11.9 Å². The molecule has 1 N–H and O–H groups in total. The van der Waals surface area contributed by atoms with E-state index in [0.717, 1.165) is 30.9 Å². The number of carbonyl (C=O) groups is 1. The first kappa shape index (κ1) is 11.5. The Bertz CT molecular complexity index is 333. The molecule has 0 aliphatic carbocycles. The van der Waals surface area contributed by atoms with E-state index in [2.05, 4.69) is 10.3 Å². The molecule has 1 aliphatic rings. The van der Waals surface area contributed by atoms with Crippen molar-refractivity contribution in [2.45, 2.75) is 25.8 Å². The van der Waals surface area contributed by atoms with Crippen LogP contribution < -0.4 is 5.32 Å². The summed E-state index contributed by atoms with van der Waals surface area (Å²) in [7, 11) is 0. The number of amides is 1. The molecule has 1 aromatic heterocycles. The molecule has 2 heterocycles. The van der Waals surface area contributed by atoms with Gasteiger partial charge in [0, 0.05) is 24.7 Å². The topological polar surface area (TPSA) is 45.2 Å². The predicted octanol–water partition coefficient (Wildman–Crippen LogP) is 1.42. The molecule has 0 aromatic carbocycles. The third-order valence-corrected chi connectivity index (χ3v) is 3.80. The van der Waals surface area contributed by atoms with Crippen LogP contribution >= 0.6 is 11.3 Å². The van der Waals surface area contributed by atoms with Crippen LogP contribution in [-0.2, 0) is 4.79 Å². The van der Waals surface area contributed by atoms with Gasteiger partial charge in [-0.2, -0.15) is 0 Å². The maximum Gasteiger partial charge on any atom is 0.236 e. The Morgan fingerprint density at radius 3 is 3.00 bits per heavy atom. The quantitative estimate of drug-likeness (QED) is 0.864. The number of nitrogens with one attached hydrogen (secondary N) is 1. The van der Waals surface area contributed by atoms with Crippen molar-refractivity contribution < 1.29 is 4.79 Å². The number of nitrogens with zero attached hydrogens (tertiary/aromatic N) is 2. The minimum atomic E-state index is 0.159. The second-order valence-electron chi connectivity index (χ2n) is 4.06. The molecule has 0 bridgehead atoms. The van der Waals surface area contributed by atoms with E-state index in [1.54, 1.807) is 17.5 Å². The number of carbonyl (C=O) groups excluding carboxylic acids is 1. The van der Waals surface area contributed by atoms with Crippen molar-refractivity contribution in [3.8, 4) is 0 Å². The zero-order chi connectivity index (χ0) is 11.4. The normalized spacial score (nSPS) is 17.7. The lowest BCUT2D eigenvalue weighted by molar-refractivity contribution is -0.129. The van der Waals surface area contributed by atoms with Crippen molar-refractivity contribution in [1.29, 1.82) is 0 Å². The average Bonchev–Trinajstić information content (AvgIpc) is 2.95. The lowest BCUT2D eigenvalue weighted by Gasteiger charge is -2.17. The fourth-order valence-corrected chi connectivity index (χ4v) is 2.52. The van der Waals surface area contributed by atoms with Crippen molar-refractivity contribution in [2.75, 3.05) is 19.6 Å². The zero-order valence-electron chi connectivity index (χ0n) is 9.48. The predicted molar refractivity (Wildman–Crippen MR) is 64.3 cm³/mol. The third kappa shape index (κ3) is 2.80. The smallest absolute Gasteiger partial charge is 0.236 e. The molecule has 0 radical (unpaired) electrons. The minimum Gasteiger partial charge on any atom is -0.342 e. The Hall–Kier alpha value is -0.940. The molecule has 0 spiro atoms. The highest BCUT2D eigenvalue weighted by Gasteiger charge is 2.18. The van der Waals surface area contributed by atoms with E-state index < -0.39 is 0 Å². The Kier molecular flexibility index (Phi) is 3.90. The third-order valence-electron chi connectivity index (χ3n) is 2.84. The van der Waals surface area contributed by atoms with Gasteiger partial charge >= 0.3 is 0 Å². The summed E-state index contributed by atoms with van der Waals surface area (Å²) in [5.41, 5.74) is 0. The number of likely N-dealkylation sites (tertiary alicyclic amines) is 1. The van der Waals surface area contributed by atoms with Gasteiger partial charge in [-0.3, -0.25) is 10.1 Å². The summed E-state index contributed by atoms with van der Waals surface area (Å²) in [5, 5.41) is 6.21. The Balaban J connectivity index is 1.76. The van der Waals surface area contributed by atoms with Gasteiger partial charge < -0.3 is 4.90 Å². The zero-order valence-corrected chi connectivity index (χ0v) is 10.3. The van der Waals surface area contributed by atoms with Crippen molar-refractivity contribution in [3.63, 3.8) is 0 Å². The summed E-state index contributed by atoms with van der Waals surface area (Å²) in [6.07, 6.45) is 4.09. The van der Waals surface area contributed by atoms with Crippen LogP contribution in [0.15, 0.2) is 11.6 Å². The van der Waals surface area contributed by atoms with E-state index in [1.807, 2.05) is 17.2 Å². The van der Waals surface area contributed by atoms with E-state index >= 15 is 0 Å². The summed E-state index contributed by atoms with van der Waals surface area (Å²) in [4.78, 5) is 17.9. The fourth-order valence-electron chi connectivity index (χ4n) is 1.85. The maximum atomic E-state index is 11.8. The van der Waals surface area contributed by atoms with Crippen LogP contribution in [0.5, 0.6) is 0 Å². The summed E-state index contributed by atoms with van der Waals surface area (Å²) < 4.78 is 0. The fraction of sp³-hybridized carbons (Fsp3) is 0.636. The van der Waals surface area contributed by atoms with Gasteiger partial charge in [0.2, 0.25) is 5.91 Å². The lowest BCUT2D eigenvalue weighted by Crippen LogP contribution is -2.37. The highest BCUT2D eigenvalue weighted by Crippen LogP contribution is 2.14. The van der Waals surface area contributed by atoms with Crippen molar-refractivity contribution >= 4 is 17.2 Å². The highest BCUT2D eigenvalue weighted by atomic mass is 32.1. The SMILES string of the molecule is CC(NCC(=O)N1CCCC1)c1nccs1. The molecule has 1 unspecified atom stereocenters. The molecule has 5 heteroatoms. The van der Waals surface area contributed by atoms with E-state index in [1.165, 1.54) is 0 Å². The monoisotopic (exact) mass is 239 g/mol. The Morgan fingerprint density at radius 1 is 1.62 bits per heavy atom. The van der Waals surface area contributed by atoms with Crippen LogP contribution in [0.1, 0.15) is 30.8 Å². The first-order valence-corrected chi connectivity index (χ1v) is 6.56. The van der Waals surface area contributed by atoms with Gasteiger partial charge in [-0.15, -0.1) is 11.3 Å². The number of hydrogen-bond acceptors (Lipinski definition) is 4. The van der Waals surface area contributed by atoms with Gasteiger partial charge in [-0.1, -0.05) is 0 Å². The van der Waals surface area contributed by atoms with Crippen LogP contribution in [0.3, 0.4) is 0 Å². The van der Waals surface area contributed by atoms with Crippen LogP contribution in [0.25, 0.3) is 0 Å². The first-order valence-electron chi connectivity index (χ1n) is 5.68. The molecular formula is C11H17N3OS. The molecule has 1 amide bonds. The minimum absolute atomic E-state index is 0.159. The maximum absolute atomic E-state index is 11.8. The second-order valence-corrected chi connectivity index (χ2v) is 4.99. The molecule has 16 heavy (non-hydrogen) atoms. The summed E-state index contributed by atoms with van der Waals surface area (Å²) >= 11 is 1.62. The largest absolute Gasteiger partial charge is 0.342 e. The van der Waals surface area contributed by atoms with Gasteiger partial charge in [-0.25, -0.2) is 4.98 Å². The first-order chi connectivity index (χ1) is 7.77. The van der Waals surface area contributed by atoms with E-state index in [9.17, 15) is 4.79 Å². The van der Waals surface area contributed by atoms with Gasteiger partial charge in [0.05, 0.1) is 12.6 Å². The summed E-state index contributed by atoms with van der Waals surface area (Å²) in [6.45, 7) is 4.30. The Morgan fingerprint density at radius 2 is 2.38 bits per heavy atom. The van der Waals surface area contributed by atoms with E-state index in [0.29, 0.717) is 6.54 Å². The number of aromatic nitrogens is 1. The molecule has 0 saturated carbocycles. The van der Waals surface area contributed by atoms with Crippen molar-refractivity contribution in [1.82, 2.24) is 15.2 Å². The van der Waals surface area contributed by atoms with Crippen molar-refractivity contribution in [2.24, 2.45) is 0 Å². The molecule has 4 nitrogen and oxygen atoms in total. The van der Waals surface area contributed by atoms with Crippen molar-refractivity contribution in [3.05, 3.63) is 16.6 Å². The number of rotatable bonds is 4. The molecule has 88 valence electrons. The molecular weight excluding hydrogens is 222 g/mol. The van der Waals surface area contributed by atoms with Gasteiger partial charge in [0.15, 0.2) is 0 Å². The van der Waals surface area contributed by atoms with Gasteiger partial charge in [0.25, 0.3) is 0 Å². The highest BCUT2D eigenvalue weighted by molar-refractivity contribution is 7.09. The lowest BCUT2D eigenvalue weighted by atomic mass is 10.3. The summed E-state index contributed by atoms with van der Waals surface area (Å²) in [5.74, 6) is 0.209. The van der Waals surface area contributed by atoms with Gasteiger partial charge in [0.1, 0.15) is 5.01 Å².